The van der Waals surface area contributed by atoms with Gasteiger partial charge in [0.05, 0.1) is 11.4 Å². The molecule has 3 N–H and O–H groups in total. The maximum Gasteiger partial charge on any atom is 0.224 e. The number of carbonyl (C=O) groups is 1. The van der Waals surface area contributed by atoms with Crippen molar-refractivity contribution in [1.82, 2.24) is 4.98 Å². The highest BCUT2D eigenvalue weighted by Gasteiger charge is 2.05. The number of hydrogen-bond donors (Lipinski definition) is 2. The topological polar surface area (TPSA) is 68.0 Å². The number of carbonyl (C=O) groups excluding carboxylic acids is 1. The summed E-state index contributed by atoms with van der Waals surface area (Å²) in [6, 6.07) is 3.70. The second kappa shape index (κ2) is 9.22. The van der Waals surface area contributed by atoms with Crippen LogP contribution in [0.5, 0.6) is 0 Å². The highest BCUT2D eigenvalue weighted by Crippen LogP contribution is 2.10. The van der Waals surface area contributed by atoms with E-state index in [9.17, 15) is 4.79 Å². The van der Waals surface area contributed by atoms with Crippen molar-refractivity contribution in [2.75, 3.05) is 5.32 Å². The average Bonchev–Trinajstić information content (AvgIpc) is 2.18. The predicted molar refractivity (Wildman–Crippen MR) is 75.0 cm³/mol. The van der Waals surface area contributed by atoms with E-state index in [4.69, 9.17) is 5.73 Å². The van der Waals surface area contributed by atoms with Gasteiger partial charge in [-0.05, 0) is 32.4 Å². The molecular formula is C11H19Cl2N3O. The summed E-state index contributed by atoms with van der Waals surface area (Å²) in [6.45, 7) is 3.75. The molecule has 1 unspecified atom stereocenters. The summed E-state index contributed by atoms with van der Waals surface area (Å²) in [4.78, 5) is 15.6. The Hall–Kier alpha value is -0.840. The highest BCUT2D eigenvalue weighted by molar-refractivity contribution is 5.91. The van der Waals surface area contributed by atoms with Crippen molar-refractivity contribution in [2.24, 2.45) is 5.73 Å². The molecule has 1 rings (SSSR count). The normalized spacial score (nSPS) is 10.8. The molecule has 0 radical (unpaired) electrons. The fraction of sp³-hybridized carbons (Fsp3) is 0.455. The minimum Gasteiger partial charge on any atom is -0.328 e. The van der Waals surface area contributed by atoms with Crippen LogP contribution in [-0.2, 0) is 4.79 Å². The summed E-state index contributed by atoms with van der Waals surface area (Å²) in [5.74, 6) is -0.0107. The third-order valence-electron chi connectivity index (χ3n) is 2.11. The second-order valence-electron chi connectivity index (χ2n) is 3.70. The van der Waals surface area contributed by atoms with Gasteiger partial charge >= 0.3 is 0 Å². The maximum absolute atomic E-state index is 11.5. The summed E-state index contributed by atoms with van der Waals surface area (Å²) in [5, 5.41) is 2.81. The molecule has 0 bridgehead atoms. The summed E-state index contributed by atoms with van der Waals surface area (Å²) in [5.41, 5.74) is 7.17. The Labute approximate surface area is 114 Å². The molecule has 0 saturated heterocycles. The minimum atomic E-state index is -0.0107. The summed E-state index contributed by atoms with van der Waals surface area (Å²) in [7, 11) is 0. The number of rotatable bonds is 4. The summed E-state index contributed by atoms with van der Waals surface area (Å²) >= 11 is 0. The van der Waals surface area contributed by atoms with Crippen LogP contribution in [0.25, 0.3) is 0 Å². The Bertz CT molecular complexity index is 345. The molecule has 0 aromatic carbocycles. The monoisotopic (exact) mass is 279 g/mol. The first-order valence-electron chi connectivity index (χ1n) is 5.06. The molecule has 0 aliphatic rings. The second-order valence-corrected chi connectivity index (χ2v) is 3.70. The molecule has 1 amide bonds. The van der Waals surface area contributed by atoms with Gasteiger partial charge in [-0.25, -0.2) is 0 Å². The molecule has 98 valence electrons. The standard InChI is InChI=1S/C11H17N3O.2ClH/c1-8(12)5-6-11(15)14-10-4-3-7-13-9(10)2;;/h3-4,7-8H,5-6,12H2,1-2H3,(H,14,15);2*1H. The van der Waals surface area contributed by atoms with Crippen LogP contribution in [0.1, 0.15) is 25.5 Å². The zero-order valence-corrected chi connectivity index (χ0v) is 11.6. The number of nitrogens with one attached hydrogen (secondary N) is 1. The number of amides is 1. The molecule has 17 heavy (non-hydrogen) atoms. The number of nitrogens with two attached hydrogens (primary N) is 1. The van der Waals surface area contributed by atoms with Gasteiger partial charge in [-0.1, -0.05) is 0 Å². The van der Waals surface area contributed by atoms with Crippen molar-refractivity contribution in [1.29, 1.82) is 0 Å². The first kappa shape index (κ1) is 18.5. The fourth-order valence-corrected chi connectivity index (χ4v) is 1.19. The van der Waals surface area contributed by atoms with Crippen LogP contribution in [0.15, 0.2) is 18.3 Å². The van der Waals surface area contributed by atoms with Gasteiger partial charge in [0.1, 0.15) is 0 Å². The van der Waals surface area contributed by atoms with Crippen molar-refractivity contribution in [3.05, 3.63) is 24.0 Å². The molecule has 0 fully saturated rings. The lowest BCUT2D eigenvalue weighted by Gasteiger charge is -2.08. The third kappa shape index (κ3) is 7.15. The number of aromatic nitrogens is 1. The first-order valence-corrected chi connectivity index (χ1v) is 5.06. The van der Waals surface area contributed by atoms with E-state index in [-0.39, 0.29) is 36.8 Å². The quantitative estimate of drug-likeness (QED) is 0.889. The molecule has 1 atom stereocenters. The smallest absolute Gasteiger partial charge is 0.224 e. The molecule has 1 heterocycles. The lowest BCUT2D eigenvalue weighted by Crippen LogP contribution is -2.19. The van der Waals surface area contributed by atoms with Crippen LogP contribution in [0.2, 0.25) is 0 Å². The molecule has 0 aliphatic carbocycles. The van der Waals surface area contributed by atoms with Crippen molar-refractivity contribution in [3.8, 4) is 0 Å². The number of halogens is 2. The summed E-state index contributed by atoms with van der Waals surface area (Å²) < 4.78 is 0. The van der Waals surface area contributed by atoms with Gasteiger partial charge in [-0.2, -0.15) is 0 Å². The first-order chi connectivity index (χ1) is 7.09. The number of pyridine rings is 1. The predicted octanol–water partition coefficient (Wildman–Crippen LogP) is 2.30. The molecule has 0 aliphatic heterocycles. The van der Waals surface area contributed by atoms with Gasteiger partial charge in [-0.15, -0.1) is 24.8 Å². The van der Waals surface area contributed by atoms with Crippen molar-refractivity contribution < 1.29 is 4.79 Å². The van der Waals surface area contributed by atoms with E-state index in [1.807, 2.05) is 19.9 Å². The van der Waals surface area contributed by atoms with Crippen LogP contribution in [0.3, 0.4) is 0 Å². The largest absolute Gasteiger partial charge is 0.328 e. The fourth-order valence-electron chi connectivity index (χ4n) is 1.19. The van der Waals surface area contributed by atoms with Crippen LogP contribution in [-0.4, -0.2) is 16.9 Å². The van der Waals surface area contributed by atoms with Gasteiger partial charge < -0.3 is 11.1 Å². The van der Waals surface area contributed by atoms with Gasteiger partial charge in [0, 0.05) is 18.7 Å². The Morgan fingerprint density at radius 3 is 2.71 bits per heavy atom. The molecule has 6 heteroatoms. The van der Waals surface area contributed by atoms with Crippen LogP contribution >= 0.6 is 24.8 Å². The Morgan fingerprint density at radius 2 is 2.18 bits per heavy atom. The van der Waals surface area contributed by atoms with Crippen LogP contribution < -0.4 is 11.1 Å². The van der Waals surface area contributed by atoms with Crippen molar-refractivity contribution in [2.45, 2.75) is 32.7 Å². The Kier molecular flexibility index (Phi) is 10.0. The Morgan fingerprint density at radius 1 is 1.53 bits per heavy atom. The number of hydrogen-bond acceptors (Lipinski definition) is 3. The maximum atomic E-state index is 11.5. The molecule has 1 aromatic heterocycles. The summed E-state index contributed by atoms with van der Waals surface area (Å²) in [6.07, 6.45) is 2.85. The van der Waals surface area contributed by atoms with Gasteiger partial charge in [0.15, 0.2) is 0 Å². The zero-order chi connectivity index (χ0) is 11.3. The van der Waals surface area contributed by atoms with E-state index in [1.54, 1.807) is 12.3 Å². The Balaban J connectivity index is 0. The zero-order valence-electron chi connectivity index (χ0n) is 9.97. The third-order valence-corrected chi connectivity index (χ3v) is 2.11. The van der Waals surface area contributed by atoms with Crippen molar-refractivity contribution >= 4 is 36.4 Å². The lowest BCUT2D eigenvalue weighted by molar-refractivity contribution is -0.116. The highest BCUT2D eigenvalue weighted by atomic mass is 35.5. The van der Waals surface area contributed by atoms with E-state index >= 15 is 0 Å². The molecular weight excluding hydrogens is 261 g/mol. The number of aryl methyl sites for hydroxylation is 1. The average molecular weight is 280 g/mol. The van der Waals surface area contributed by atoms with Gasteiger partial charge in [0.2, 0.25) is 5.91 Å². The number of anilines is 1. The van der Waals surface area contributed by atoms with E-state index in [1.165, 1.54) is 0 Å². The minimum absolute atomic E-state index is 0. The van der Waals surface area contributed by atoms with Crippen LogP contribution in [0.4, 0.5) is 5.69 Å². The molecule has 0 spiro atoms. The van der Waals surface area contributed by atoms with Crippen molar-refractivity contribution in [3.63, 3.8) is 0 Å². The van der Waals surface area contributed by atoms with E-state index in [0.717, 1.165) is 11.4 Å². The van der Waals surface area contributed by atoms with Gasteiger partial charge in [0.25, 0.3) is 0 Å². The van der Waals surface area contributed by atoms with E-state index in [2.05, 4.69) is 10.3 Å². The molecule has 1 aromatic rings. The molecule has 0 saturated carbocycles. The number of nitrogens with zero attached hydrogens (tertiary/aromatic N) is 1. The van der Waals surface area contributed by atoms with E-state index < -0.39 is 0 Å². The SMILES string of the molecule is Cc1ncccc1NC(=O)CCC(C)N.Cl.Cl. The molecule has 4 nitrogen and oxygen atoms in total. The lowest BCUT2D eigenvalue weighted by atomic mass is 10.2. The van der Waals surface area contributed by atoms with Crippen LogP contribution in [0, 0.1) is 6.92 Å². The van der Waals surface area contributed by atoms with Gasteiger partial charge in [-0.3, -0.25) is 9.78 Å². The van der Waals surface area contributed by atoms with E-state index in [0.29, 0.717) is 12.8 Å².